The van der Waals surface area contributed by atoms with Crippen LogP contribution in [-0.4, -0.2) is 28.5 Å². The van der Waals surface area contributed by atoms with Gasteiger partial charge in [-0.3, -0.25) is 11.3 Å². The van der Waals surface area contributed by atoms with E-state index < -0.39 is 12.2 Å². The Labute approximate surface area is 59.3 Å². The summed E-state index contributed by atoms with van der Waals surface area (Å²) in [7, 11) is 0. The first kappa shape index (κ1) is 7.68. The van der Waals surface area contributed by atoms with Crippen LogP contribution in [0.4, 0.5) is 0 Å². The monoisotopic (exact) mass is 144 g/mol. The van der Waals surface area contributed by atoms with Crippen molar-refractivity contribution in [2.24, 2.45) is 5.84 Å². The van der Waals surface area contributed by atoms with E-state index >= 15 is 0 Å². The molecule has 0 saturated carbocycles. The zero-order valence-electron chi connectivity index (χ0n) is 5.57. The third-order valence-corrected chi connectivity index (χ3v) is 1.68. The van der Waals surface area contributed by atoms with Crippen LogP contribution in [-0.2, 0) is 0 Å². The Morgan fingerprint density at radius 2 is 2.20 bits per heavy atom. The summed E-state index contributed by atoms with van der Waals surface area (Å²) in [5.41, 5.74) is 2.39. The molecule has 0 saturated heterocycles. The van der Waals surface area contributed by atoms with Crippen LogP contribution in [0, 0.1) is 0 Å². The molecule has 4 nitrogen and oxygen atoms in total. The van der Waals surface area contributed by atoms with Crippen LogP contribution >= 0.6 is 0 Å². The Kier molecular flexibility index (Phi) is 2.39. The van der Waals surface area contributed by atoms with Gasteiger partial charge >= 0.3 is 0 Å². The lowest BCUT2D eigenvalue weighted by atomic mass is 9.97. The van der Waals surface area contributed by atoms with Crippen molar-refractivity contribution in [2.45, 2.75) is 24.7 Å². The highest BCUT2D eigenvalue weighted by atomic mass is 16.3. The standard InChI is InChI=1S/C6H12N2O2/c7-8-4-2-1-3-5(9)6(4)10/h1-2,4-6,8-10H,3,7H2/t4-,5-,6+/m1/s1. The fraction of sp³-hybridized carbons (Fsp3) is 0.667. The van der Waals surface area contributed by atoms with Crippen LogP contribution in [0.1, 0.15) is 6.42 Å². The van der Waals surface area contributed by atoms with Gasteiger partial charge < -0.3 is 10.2 Å². The minimum absolute atomic E-state index is 0.316. The number of aliphatic hydroxyl groups is 2. The number of hydrogen-bond acceptors (Lipinski definition) is 4. The van der Waals surface area contributed by atoms with Crippen molar-refractivity contribution in [3.63, 3.8) is 0 Å². The van der Waals surface area contributed by atoms with Crippen molar-refractivity contribution in [1.82, 2.24) is 5.43 Å². The summed E-state index contributed by atoms with van der Waals surface area (Å²) in [4.78, 5) is 0. The third-order valence-electron chi connectivity index (χ3n) is 1.68. The molecule has 0 unspecified atom stereocenters. The number of hydrazine groups is 1. The number of hydrogen-bond donors (Lipinski definition) is 4. The minimum Gasteiger partial charge on any atom is -0.390 e. The molecule has 4 heteroatoms. The number of nitrogens with two attached hydrogens (primary N) is 1. The van der Waals surface area contributed by atoms with E-state index in [9.17, 15) is 5.11 Å². The van der Waals surface area contributed by atoms with Gasteiger partial charge in [-0.15, -0.1) is 0 Å². The van der Waals surface area contributed by atoms with Gasteiger partial charge in [0.2, 0.25) is 0 Å². The summed E-state index contributed by atoms with van der Waals surface area (Å²) in [5, 5.41) is 18.3. The highest BCUT2D eigenvalue weighted by Gasteiger charge is 2.25. The Hall–Kier alpha value is -0.420. The maximum Gasteiger partial charge on any atom is 0.100 e. The van der Waals surface area contributed by atoms with Crippen molar-refractivity contribution in [3.8, 4) is 0 Å². The van der Waals surface area contributed by atoms with Crippen LogP contribution in [0.2, 0.25) is 0 Å². The summed E-state index contributed by atoms with van der Waals surface area (Å²) in [6.07, 6.45) is 2.57. The molecule has 0 aliphatic heterocycles. The fourth-order valence-corrected chi connectivity index (χ4v) is 1.01. The molecule has 0 spiro atoms. The average Bonchev–Trinajstić information content (AvgIpc) is 1.95. The van der Waals surface area contributed by atoms with E-state index in [0.717, 1.165) is 0 Å². The first-order valence-electron chi connectivity index (χ1n) is 3.24. The third kappa shape index (κ3) is 1.35. The molecule has 1 aliphatic carbocycles. The van der Waals surface area contributed by atoms with Crippen LogP contribution in [0.25, 0.3) is 0 Å². The molecule has 0 amide bonds. The molecule has 0 aromatic heterocycles. The molecule has 1 rings (SSSR count). The van der Waals surface area contributed by atoms with E-state index in [2.05, 4.69) is 5.43 Å². The van der Waals surface area contributed by atoms with E-state index in [0.29, 0.717) is 6.42 Å². The normalized spacial score (nSPS) is 40.1. The highest BCUT2D eigenvalue weighted by Crippen LogP contribution is 2.11. The smallest absolute Gasteiger partial charge is 0.100 e. The molecule has 1 aliphatic rings. The summed E-state index contributed by atoms with van der Waals surface area (Å²) < 4.78 is 0. The van der Waals surface area contributed by atoms with Crippen molar-refractivity contribution < 1.29 is 10.2 Å². The second kappa shape index (κ2) is 3.12. The Bertz CT molecular complexity index is 138. The largest absolute Gasteiger partial charge is 0.390 e. The quantitative estimate of drug-likeness (QED) is 0.205. The molecule has 0 bridgehead atoms. The lowest BCUT2D eigenvalue weighted by Gasteiger charge is -2.26. The summed E-state index contributed by atoms with van der Waals surface area (Å²) in [6, 6.07) is -0.316. The molecule has 5 N–H and O–H groups in total. The number of aliphatic hydroxyl groups excluding tert-OH is 2. The van der Waals surface area contributed by atoms with Gasteiger partial charge in [0.05, 0.1) is 12.1 Å². The maximum absolute atomic E-state index is 9.19. The van der Waals surface area contributed by atoms with E-state index in [1.807, 2.05) is 0 Å². The Balaban J connectivity index is 2.57. The van der Waals surface area contributed by atoms with Gasteiger partial charge in [-0.25, -0.2) is 0 Å². The molecule has 0 fully saturated rings. The topological polar surface area (TPSA) is 78.5 Å². The van der Waals surface area contributed by atoms with Crippen LogP contribution in [0.15, 0.2) is 12.2 Å². The van der Waals surface area contributed by atoms with Crippen LogP contribution in [0.3, 0.4) is 0 Å². The SMILES string of the molecule is NN[C@@H]1C=CC[C@@H](O)[C@H]1O. The molecule has 0 aromatic carbocycles. The van der Waals surface area contributed by atoms with Crippen molar-refractivity contribution in [2.75, 3.05) is 0 Å². The highest BCUT2D eigenvalue weighted by molar-refractivity contribution is 5.04. The first-order chi connectivity index (χ1) is 4.75. The van der Waals surface area contributed by atoms with E-state index in [1.165, 1.54) is 0 Å². The van der Waals surface area contributed by atoms with Gasteiger partial charge in [0.15, 0.2) is 0 Å². The van der Waals surface area contributed by atoms with E-state index in [-0.39, 0.29) is 6.04 Å². The lowest BCUT2D eigenvalue weighted by Crippen LogP contribution is -2.49. The second-order valence-electron chi connectivity index (χ2n) is 2.41. The second-order valence-corrected chi connectivity index (χ2v) is 2.41. The average molecular weight is 144 g/mol. The van der Waals surface area contributed by atoms with Crippen molar-refractivity contribution in [3.05, 3.63) is 12.2 Å². The minimum atomic E-state index is -0.782. The summed E-state index contributed by atoms with van der Waals surface area (Å²) in [6.45, 7) is 0. The predicted molar refractivity (Wildman–Crippen MR) is 36.9 cm³/mol. The fourth-order valence-electron chi connectivity index (χ4n) is 1.01. The molecule has 0 heterocycles. The predicted octanol–water partition coefficient (Wildman–Crippen LogP) is -1.50. The van der Waals surface area contributed by atoms with Gasteiger partial charge in [0.1, 0.15) is 6.10 Å². The molecular formula is C6H12N2O2. The molecule has 58 valence electrons. The zero-order chi connectivity index (χ0) is 7.56. The molecule has 10 heavy (non-hydrogen) atoms. The lowest BCUT2D eigenvalue weighted by molar-refractivity contribution is 0.00258. The number of nitrogens with one attached hydrogen (secondary N) is 1. The Morgan fingerprint density at radius 3 is 2.70 bits per heavy atom. The van der Waals surface area contributed by atoms with Gasteiger partial charge in [-0.2, -0.15) is 0 Å². The molecule has 0 aromatic rings. The zero-order valence-corrected chi connectivity index (χ0v) is 5.57. The van der Waals surface area contributed by atoms with Gasteiger partial charge in [0, 0.05) is 0 Å². The summed E-state index contributed by atoms with van der Waals surface area (Å²) >= 11 is 0. The van der Waals surface area contributed by atoms with Gasteiger partial charge in [-0.1, -0.05) is 12.2 Å². The van der Waals surface area contributed by atoms with E-state index in [1.54, 1.807) is 12.2 Å². The molecule has 3 atom stereocenters. The van der Waals surface area contributed by atoms with E-state index in [4.69, 9.17) is 10.9 Å². The Morgan fingerprint density at radius 1 is 1.50 bits per heavy atom. The molecule has 0 radical (unpaired) electrons. The maximum atomic E-state index is 9.19. The van der Waals surface area contributed by atoms with Crippen molar-refractivity contribution in [1.29, 1.82) is 0 Å². The number of rotatable bonds is 1. The summed E-state index contributed by atoms with van der Waals surface area (Å²) in [5.74, 6) is 5.08. The van der Waals surface area contributed by atoms with Gasteiger partial charge in [-0.05, 0) is 6.42 Å². The van der Waals surface area contributed by atoms with Crippen LogP contribution in [0.5, 0.6) is 0 Å². The van der Waals surface area contributed by atoms with Crippen LogP contribution < -0.4 is 11.3 Å². The first-order valence-corrected chi connectivity index (χ1v) is 3.24. The van der Waals surface area contributed by atoms with Crippen molar-refractivity contribution >= 4 is 0 Å². The molecular weight excluding hydrogens is 132 g/mol. The van der Waals surface area contributed by atoms with Gasteiger partial charge in [0.25, 0.3) is 0 Å².